The van der Waals surface area contributed by atoms with Crippen molar-refractivity contribution >= 4 is 58.1 Å². The van der Waals surface area contributed by atoms with Gasteiger partial charge in [0.2, 0.25) is 6.29 Å². The van der Waals surface area contributed by atoms with Crippen LogP contribution in [0.25, 0.3) is 10.9 Å². The van der Waals surface area contributed by atoms with Gasteiger partial charge in [-0.05, 0) is 48.5 Å². The molecule has 0 aliphatic carbocycles. The first-order valence-electron chi connectivity index (χ1n) is 22.3. The van der Waals surface area contributed by atoms with Gasteiger partial charge in [-0.25, -0.2) is 19.2 Å². The zero-order valence-electron chi connectivity index (χ0n) is 45.5. The van der Waals surface area contributed by atoms with Crippen LogP contribution < -0.4 is 34.9 Å². The maximum atomic E-state index is 11.6. The number of nitrogens with two attached hydrogens (primary N) is 1. The Bertz CT molecular complexity index is 2520. The number of hydrogen-bond acceptors (Lipinski definition) is 22. The van der Waals surface area contributed by atoms with Gasteiger partial charge in [0.05, 0.1) is 75.5 Å². The summed E-state index contributed by atoms with van der Waals surface area (Å²) in [6.45, 7) is 1.03. The first-order valence-corrected chi connectivity index (χ1v) is 22.3. The molecule has 1 heterocycles. The van der Waals surface area contributed by atoms with Crippen molar-refractivity contribution in [3.05, 3.63) is 101 Å². The molecular weight excluding hydrogens is 985 g/mol. The topological polar surface area (TPSA) is 261 Å². The van der Waals surface area contributed by atoms with Crippen LogP contribution in [0.4, 0.5) is 17.1 Å². The molecule has 414 valence electrons. The van der Waals surface area contributed by atoms with Gasteiger partial charge in [-0.15, -0.1) is 0 Å². The second-order valence-corrected chi connectivity index (χ2v) is 14.8. The highest BCUT2D eigenvalue weighted by Crippen LogP contribution is 2.29. The summed E-state index contributed by atoms with van der Waals surface area (Å²) in [4.78, 5) is 57.4. The molecule has 0 amide bonds. The number of aldehydes is 1. The number of nitrogens with zero attached hydrogens (tertiary/aromatic N) is 2. The van der Waals surface area contributed by atoms with Gasteiger partial charge in [0, 0.05) is 110 Å². The average molecular weight is 1060 g/mol. The van der Waals surface area contributed by atoms with Crippen LogP contribution in [-0.4, -0.2) is 173 Å². The van der Waals surface area contributed by atoms with E-state index >= 15 is 0 Å². The molecule has 0 aliphatic rings. The van der Waals surface area contributed by atoms with E-state index in [0.29, 0.717) is 70.3 Å². The van der Waals surface area contributed by atoms with Gasteiger partial charge in [-0.1, -0.05) is 0 Å². The third-order valence-electron chi connectivity index (χ3n) is 10.4. The molecule has 23 heteroatoms. The van der Waals surface area contributed by atoms with E-state index in [2.05, 4.69) is 24.3 Å². The quantitative estimate of drug-likeness (QED) is 0.0285. The molecule has 0 fully saturated rings. The van der Waals surface area contributed by atoms with Gasteiger partial charge in [0.25, 0.3) is 0 Å². The van der Waals surface area contributed by atoms with Crippen LogP contribution in [0.2, 0.25) is 0 Å². The molecule has 0 unspecified atom stereocenters. The zero-order chi connectivity index (χ0) is 56.6. The van der Waals surface area contributed by atoms with Crippen LogP contribution in [-0.2, 0) is 59.2 Å². The van der Waals surface area contributed by atoms with Crippen molar-refractivity contribution in [1.29, 1.82) is 0 Å². The minimum Gasteiger partial charge on any atom is -0.496 e. The van der Waals surface area contributed by atoms with E-state index in [4.69, 9.17) is 53.1 Å². The van der Waals surface area contributed by atoms with Gasteiger partial charge in [-0.2, -0.15) is 0 Å². The van der Waals surface area contributed by atoms with Crippen molar-refractivity contribution in [2.45, 2.75) is 18.9 Å². The van der Waals surface area contributed by atoms with E-state index < -0.39 is 24.2 Å². The lowest BCUT2D eigenvalue weighted by Crippen LogP contribution is -2.31. The predicted octanol–water partition coefficient (Wildman–Crippen LogP) is 5.89. The number of hydrogen-bond donors (Lipinski definition) is 2. The van der Waals surface area contributed by atoms with Crippen molar-refractivity contribution < 1.29 is 90.3 Å². The average Bonchev–Trinajstić information content (AvgIpc) is 3.82. The van der Waals surface area contributed by atoms with Gasteiger partial charge in [-0.3, -0.25) is 4.79 Å². The Labute approximate surface area is 437 Å². The molecule has 0 radical (unpaired) electrons. The lowest BCUT2D eigenvalue weighted by atomic mass is 10.1. The highest BCUT2D eigenvalue weighted by molar-refractivity contribution is 5.98. The largest absolute Gasteiger partial charge is 0.496 e. The number of carbonyl (C=O) groups is 5. The molecule has 3 N–H and O–H groups in total. The van der Waals surface area contributed by atoms with E-state index in [1.165, 1.54) is 71.1 Å². The monoisotopic (exact) mass is 1060 g/mol. The number of anilines is 3. The van der Waals surface area contributed by atoms with Crippen LogP contribution in [0.1, 0.15) is 41.4 Å². The van der Waals surface area contributed by atoms with E-state index in [9.17, 15) is 24.0 Å². The number of esters is 4. The van der Waals surface area contributed by atoms with Crippen molar-refractivity contribution in [1.82, 2.24) is 4.57 Å². The summed E-state index contributed by atoms with van der Waals surface area (Å²) < 4.78 is 70.5. The van der Waals surface area contributed by atoms with Crippen LogP contribution >= 0.6 is 0 Å². The molecule has 0 aliphatic heterocycles. The number of methoxy groups -OCH3 is 14. The molecule has 0 saturated carbocycles. The molecule has 0 bridgehead atoms. The van der Waals surface area contributed by atoms with Crippen molar-refractivity contribution in [2.75, 3.05) is 136 Å². The summed E-state index contributed by atoms with van der Waals surface area (Å²) in [5.41, 5.74) is 10.3. The molecule has 4 aromatic carbocycles. The minimum atomic E-state index is -0.694. The SMILES string of the molecule is COC(=O)c1cc2ccn(C)c2cc1OC.COC(=O)c1ccc(N(C)CC(OC)OC)cc1OC.COC(=O)c1ccc(N)cc1OC.COC(=O)c1ccc(NCC(OC)OC)cc1OC.COC(C=O)OC. The molecule has 75 heavy (non-hydrogen) atoms. The summed E-state index contributed by atoms with van der Waals surface area (Å²) in [6.07, 6.45) is 1.16. The summed E-state index contributed by atoms with van der Waals surface area (Å²) in [5.74, 6) is 0.182. The van der Waals surface area contributed by atoms with Crippen LogP contribution in [0, 0.1) is 0 Å². The lowest BCUT2D eigenvalue weighted by Gasteiger charge is -2.24. The Morgan fingerprint density at radius 3 is 1.43 bits per heavy atom. The lowest BCUT2D eigenvalue weighted by molar-refractivity contribution is -0.143. The Hall–Kier alpha value is -7.67. The first-order chi connectivity index (χ1) is 35.9. The maximum Gasteiger partial charge on any atom is 0.341 e. The van der Waals surface area contributed by atoms with Gasteiger partial charge in [0.15, 0.2) is 18.9 Å². The van der Waals surface area contributed by atoms with Crippen molar-refractivity contribution in [2.24, 2.45) is 7.05 Å². The number of carbonyl (C=O) groups excluding carboxylic acids is 5. The molecule has 0 saturated heterocycles. The van der Waals surface area contributed by atoms with E-state index in [1.807, 2.05) is 48.0 Å². The van der Waals surface area contributed by atoms with Crippen LogP contribution in [0.3, 0.4) is 0 Å². The zero-order valence-corrected chi connectivity index (χ0v) is 45.5. The highest BCUT2D eigenvalue weighted by Gasteiger charge is 2.18. The summed E-state index contributed by atoms with van der Waals surface area (Å²) in [7, 11) is 24.3. The Balaban J connectivity index is 0.000000483. The van der Waals surface area contributed by atoms with Crippen LogP contribution in [0.5, 0.6) is 23.0 Å². The second kappa shape index (κ2) is 35.5. The highest BCUT2D eigenvalue weighted by atomic mass is 16.7. The fraction of sp³-hybridized carbons (Fsp3) is 0.404. The Kier molecular flexibility index (Phi) is 30.9. The predicted molar refractivity (Wildman–Crippen MR) is 279 cm³/mol. The molecule has 1 aromatic heterocycles. The van der Waals surface area contributed by atoms with Gasteiger partial charge in [0.1, 0.15) is 45.3 Å². The Morgan fingerprint density at radius 2 is 0.987 bits per heavy atom. The number of nitrogen functional groups attached to an aromatic ring is 1. The number of aromatic nitrogens is 1. The molecule has 5 aromatic rings. The van der Waals surface area contributed by atoms with E-state index in [-0.39, 0.29) is 18.5 Å². The fourth-order valence-corrected chi connectivity index (χ4v) is 6.24. The van der Waals surface area contributed by atoms with Crippen molar-refractivity contribution in [3.63, 3.8) is 0 Å². The first kappa shape index (κ1) is 65.3. The smallest absolute Gasteiger partial charge is 0.341 e. The number of aryl methyl sites for hydroxylation is 1. The summed E-state index contributed by atoms with van der Waals surface area (Å²) in [5, 5.41) is 4.11. The third-order valence-corrected chi connectivity index (χ3v) is 10.4. The number of benzene rings is 4. The molecule has 5 rings (SSSR count). The molecular formula is C52H72N4O19. The summed E-state index contributed by atoms with van der Waals surface area (Å²) in [6, 6.07) is 20.7. The molecule has 0 atom stereocenters. The molecule has 0 spiro atoms. The Morgan fingerprint density at radius 1 is 0.547 bits per heavy atom. The summed E-state index contributed by atoms with van der Waals surface area (Å²) >= 11 is 0. The maximum absolute atomic E-state index is 11.6. The van der Waals surface area contributed by atoms with Gasteiger partial charge < -0.3 is 86.8 Å². The minimum absolute atomic E-state index is 0.328. The molecule has 23 nitrogen and oxygen atoms in total. The normalized spacial score (nSPS) is 10.2. The standard InChI is InChI=1S/C14H21NO5.C13H19NO5.C12H13NO3.C9H11NO3.C4H8O3/c1-15(9-13(18-3)19-4)10-6-7-11(14(16)20-5)12(8-10)17-2;1-16-11-7-9(14-8-12(17-2)18-3)5-6-10(11)13(15)19-4;1-13-5-4-8-6-9(12(14)16-3)11(15-2)7-10(8)13;1-12-8-5-6(10)3-4-7(8)9(11)13-2;1-6-4(3-5)7-2/h6-8,13H,9H2,1-5H3;5-7,12,14H,8H2,1-4H3;4-7H,1-3H3;3-5H,10H2,1-2H3;3-4H,1-2H3. The second-order valence-electron chi connectivity index (χ2n) is 14.8. The van der Waals surface area contributed by atoms with Gasteiger partial charge >= 0.3 is 23.9 Å². The third kappa shape index (κ3) is 20.6. The van der Waals surface area contributed by atoms with Crippen LogP contribution in [0.15, 0.2) is 79.0 Å². The van der Waals surface area contributed by atoms with E-state index in [0.717, 1.165) is 22.3 Å². The van der Waals surface area contributed by atoms with E-state index in [1.54, 1.807) is 83.0 Å². The number of likely N-dealkylation sites (N-methyl/N-ethyl adjacent to an activating group) is 1. The van der Waals surface area contributed by atoms with Crippen molar-refractivity contribution in [3.8, 4) is 23.0 Å². The number of rotatable bonds is 21. The number of nitrogens with one attached hydrogen (secondary N) is 1. The fourth-order valence-electron chi connectivity index (χ4n) is 6.24. The number of ether oxygens (including phenoxy) is 14. The number of fused-ring (bicyclic) bond motifs is 1.